The summed E-state index contributed by atoms with van der Waals surface area (Å²) in [6.45, 7) is 6.55. The zero-order valence-electron chi connectivity index (χ0n) is 12.2. The minimum absolute atomic E-state index is 0.755. The van der Waals surface area contributed by atoms with Crippen molar-refractivity contribution < 1.29 is 4.74 Å². The molecule has 0 radical (unpaired) electrons. The molecule has 1 heterocycles. The molecule has 2 atom stereocenters. The van der Waals surface area contributed by atoms with Crippen LogP contribution in [0.25, 0.3) is 0 Å². The Bertz CT molecular complexity index is 227. The van der Waals surface area contributed by atoms with Crippen molar-refractivity contribution in [1.29, 1.82) is 0 Å². The van der Waals surface area contributed by atoms with Crippen LogP contribution in [0.1, 0.15) is 45.4 Å². The van der Waals surface area contributed by atoms with Crippen LogP contribution in [0.2, 0.25) is 0 Å². The molecular formula is C15H30N2O. The van der Waals surface area contributed by atoms with Crippen LogP contribution in [0.15, 0.2) is 0 Å². The monoisotopic (exact) mass is 254 g/mol. The average Bonchev–Trinajstić information content (AvgIpc) is 2.40. The first kappa shape index (κ1) is 14.3. The lowest BCUT2D eigenvalue weighted by atomic mass is 9.89. The van der Waals surface area contributed by atoms with E-state index in [1.165, 1.54) is 45.1 Å². The molecule has 1 saturated carbocycles. The Morgan fingerprint density at radius 2 is 1.94 bits per heavy atom. The van der Waals surface area contributed by atoms with E-state index in [9.17, 15) is 0 Å². The van der Waals surface area contributed by atoms with Gasteiger partial charge in [-0.25, -0.2) is 0 Å². The van der Waals surface area contributed by atoms with E-state index in [2.05, 4.69) is 24.2 Å². The zero-order chi connectivity index (χ0) is 12.8. The van der Waals surface area contributed by atoms with Gasteiger partial charge in [0, 0.05) is 31.8 Å². The first-order chi connectivity index (χ1) is 8.79. The summed E-state index contributed by atoms with van der Waals surface area (Å²) in [6.07, 6.45) is 8.01. The fourth-order valence-electron chi connectivity index (χ4n) is 3.52. The summed E-state index contributed by atoms with van der Waals surface area (Å²) in [4.78, 5) is 2.62. The summed E-state index contributed by atoms with van der Waals surface area (Å²) in [5.74, 6) is 0.864. The summed E-state index contributed by atoms with van der Waals surface area (Å²) in [7, 11) is 2.33. The molecule has 2 unspecified atom stereocenters. The molecule has 3 nitrogen and oxygen atoms in total. The smallest absolute Gasteiger partial charge is 0.0469 e. The van der Waals surface area contributed by atoms with Crippen molar-refractivity contribution in [2.75, 3.05) is 33.4 Å². The number of nitrogens with one attached hydrogen (secondary N) is 1. The van der Waals surface area contributed by atoms with Crippen molar-refractivity contribution >= 4 is 0 Å². The molecule has 0 spiro atoms. The maximum Gasteiger partial charge on any atom is 0.0469 e. The zero-order valence-corrected chi connectivity index (χ0v) is 12.2. The predicted octanol–water partition coefficient (Wildman–Crippen LogP) is 2.27. The average molecular weight is 254 g/mol. The quantitative estimate of drug-likeness (QED) is 0.814. The Morgan fingerprint density at radius 1 is 1.17 bits per heavy atom. The molecule has 1 N–H and O–H groups in total. The lowest BCUT2D eigenvalue weighted by Gasteiger charge is -2.38. The topological polar surface area (TPSA) is 24.5 Å². The van der Waals surface area contributed by atoms with Gasteiger partial charge in [-0.2, -0.15) is 0 Å². The van der Waals surface area contributed by atoms with Crippen LogP contribution < -0.4 is 5.32 Å². The number of hydrogen-bond donors (Lipinski definition) is 1. The second kappa shape index (κ2) is 7.46. The van der Waals surface area contributed by atoms with Crippen LogP contribution in [0.4, 0.5) is 0 Å². The van der Waals surface area contributed by atoms with Crippen LogP contribution in [-0.4, -0.2) is 50.3 Å². The van der Waals surface area contributed by atoms with Crippen LogP contribution >= 0.6 is 0 Å². The lowest BCUT2D eigenvalue weighted by Crippen LogP contribution is -2.44. The molecule has 2 aliphatic rings. The maximum absolute atomic E-state index is 5.45. The minimum atomic E-state index is 0.755. The maximum atomic E-state index is 5.45. The molecule has 18 heavy (non-hydrogen) atoms. The Kier molecular flexibility index (Phi) is 5.93. The first-order valence-corrected chi connectivity index (χ1v) is 7.81. The van der Waals surface area contributed by atoms with Gasteiger partial charge < -0.3 is 15.0 Å². The van der Waals surface area contributed by atoms with Gasteiger partial charge in [-0.1, -0.05) is 13.3 Å². The van der Waals surface area contributed by atoms with Gasteiger partial charge >= 0.3 is 0 Å². The van der Waals surface area contributed by atoms with Gasteiger partial charge in [0.25, 0.3) is 0 Å². The molecule has 1 saturated heterocycles. The van der Waals surface area contributed by atoms with Crippen LogP contribution in [-0.2, 0) is 4.74 Å². The third kappa shape index (κ3) is 4.22. The van der Waals surface area contributed by atoms with Gasteiger partial charge in [0.2, 0.25) is 0 Å². The van der Waals surface area contributed by atoms with Gasteiger partial charge in [0.1, 0.15) is 0 Å². The standard InChI is InChI=1S/C15H30N2O/c1-3-16-14-5-4-6-15(11-14)17(2)12-13-7-9-18-10-8-13/h13-16H,3-12H2,1-2H3. The molecule has 1 aliphatic carbocycles. The first-order valence-electron chi connectivity index (χ1n) is 7.81. The third-order valence-corrected chi connectivity index (χ3v) is 4.65. The number of nitrogens with zero attached hydrogens (tertiary/aromatic N) is 1. The molecule has 106 valence electrons. The Hall–Kier alpha value is -0.120. The van der Waals surface area contributed by atoms with E-state index >= 15 is 0 Å². The third-order valence-electron chi connectivity index (χ3n) is 4.65. The highest BCUT2D eigenvalue weighted by Crippen LogP contribution is 2.24. The molecule has 2 rings (SSSR count). The molecule has 0 aromatic rings. The van der Waals surface area contributed by atoms with E-state index in [0.717, 1.165) is 37.8 Å². The Morgan fingerprint density at radius 3 is 2.67 bits per heavy atom. The van der Waals surface area contributed by atoms with Crippen molar-refractivity contribution in [3.8, 4) is 0 Å². The fraction of sp³-hybridized carbons (Fsp3) is 1.00. The molecule has 0 bridgehead atoms. The summed E-state index contributed by atoms with van der Waals surface area (Å²) in [5, 5.41) is 3.63. The normalized spacial score (nSPS) is 30.8. The van der Waals surface area contributed by atoms with Crippen molar-refractivity contribution in [3.05, 3.63) is 0 Å². The second-order valence-electron chi connectivity index (χ2n) is 6.07. The predicted molar refractivity (Wildman–Crippen MR) is 75.9 cm³/mol. The fourth-order valence-corrected chi connectivity index (χ4v) is 3.52. The van der Waals surface area contributed by atoms with Gasteiger partial charge in [-0.3, -0.25) is 0 Å². The SMILES string of the molecule is CCNC1CCCC(N(C)CC2CCOCC2)C1. The van der Waals surface area contributed by atoms with Gasteiger partial charge in [-0.15, -0.1) is 0 Å². The van der Waals surface area contributed by atoms with Crippen LogP contribution in [0.5, 0.6) is 0 Å². The Labute approximate surface area is 112 Å². The Balaban J connectivity index is 1.74. The molecule has 0 aromatic heterocycles. The van der Waals surface area contributed by atoms with E-state index in [0.29, 0.717) is 0 Å². The van der Waals surface area contributed by atoms with Gasteiger partial charge in [-0.05, 0) is 51.6 Å². The molecule has 0 aromatic carbocycles. The van der Waals surface area contributed by atoms with E-state index in [1.807, 2.05) is 0 Å². The van der Waals surface area contributed by atoms with Crippen molar-refractivity contribution in [1.82, 2.24) is 10.2 Å². The largest absolute Gasteiger partial charge is 0.381 e. The number of ether oxygens (including phenoxy) is 1. The molecule has 2 fully saturated rings. The van der Waals surface area contributed by atoms with Gasteiger partial charge in [0.05, 0.1) is 0 Å². The summed E-state index contributed by atoms with van der Waals surface area (Å²) in [6, 6.07) is 1.55. The number of hydrogen-bond acceptors (Lipinski definition) is 3. The van der Waals surface area contributed by atoms with Crippen LogP contribution in [0, 0.1) is 5.92 Å². The molecule has 0 amide bonds. The molecular weight excluding hydrogens is 224 g/mol. The number of rotatable bonds is 5. The summed E-state index contributed by atoms with van der Waals surface area (Å²) in [5.41, 5.74) is 0. The van der Waals surface area contributed by atoms with Gasteiger partial charge in [0.15, 0.2) is 0 Å². The molecule has 3 heteroatoms. The molecule has 1 aliphatic heterocycles. The van der Waals surface area contributed by atoms with E-state index in [1.54, 1.807) is 0 Å². The van der Waals surface area contributed by atoms with E-state index < -0.39 is 0 Å². The van der Waals surface area contributed by atoms with E-state index in [4.69, 9.17) is 4.74 Å². The highest BCUT2D eigenvalue weighted by molar-refractivity contribution is 4.83. The van der Waals surface area contributed by atoms with Crippen LogP contribution in [0.3, 0.4) is 0 Å². The van der Waals surface area contributed by atoms with E-state index in [-0.39, 0.29) is 0 Å². The summed E-state index contributed by atoms with van der Waals surface area (Å²) < 4.78 is 5.45. The highest BCUT2D eigenvalue weighted by atomic mass is 16.5. The second-order valence-corrected chi connectivity index (χ2v) is 6.07. The minimum Gasteiger partial charge on any atom is -0.381 e. The summed E-state index contributed by atoms with van der Waals surface area (Å²) >= 11 is 0. The lowest BCUT2D eigenvalue weighted by molar-refractivity contribution is 0.0458. The van der Waals surface area contributed by atoms with Crippen molar-refractivity contribution in [2.24, 2.45) is 5.92 Å². The van der Waals surface area contributed by atoms with Crippen molar-refractivity contribution in [2.45, 2.75) is 57.5 Å². The highest BCUT2D eigenvalue weighted by Gasteiger charge is 2.26. The van der Waals surface area contributed by atoms with Crippen molar-refractivity contribution in [3.63, 3.8) is 0 Å².